The molecule has 0 aromatic carbocycles. The monoisotopic (exact) mass is 215 g/mol. The van der Waals surface area contributed by atoms with Crippen molar-refractivity contribution in [2.75, 3.05) is 12.4 Å². The molecule has 3 nitrogen and oxygen atoms in total. The Kier molecular flexibility index (Phi) is 3.40. The van der Waals surface area contributed by atoms with Crippen LogP contribution in [0.25, 0.3) is 0 Å². The van der Waals surface area contributed by atoms with Crippen LogP contribution < -0.4 is 5.32 Å². The number of anilines is 1. The van der Waals surface area contributed by atoms with Gasteiger partial charge in [-0.1, -0.05) is 19.3 Å². The molecule has 1 saturated carbocycles. The van der Waals surface area contributed by atoms with Crippen molar-refractivity contribution in [2.24, 2.45) is 0 Å². The van der Waals surface area contributed by atoms with Gasteiger partial charge in [0, 0.05) is 18.7 Å². The molecule has 0 unspecified atom stereocenters. The first-order valence-electron chi connectivity index (χ1n) is 5.94. The molecule has 1 aromatic rings. The first kappa shape index (κ1) is 10.9. The second-order valence-corrected chi connectivity index (χ2v) is 4.33. The summed E-state index contributed by atoms with van der Waals surface area (Å²) >= 11 is 0. The molecule has 1 aliphatic carbocycles. The fraction of sp³-hybridized carbons (Fsp3) is 0.538. The lowest BCUT2D eigenvalue weighted by Crippen LogP contribution is -2.08. The van der Waals surface area contributed by atoms with E-state index in [1.807, 2.05) is 19.2 Å². The summed E-state index contributed by atoms with van der Waals surface area (Å²) in [6, 6.07) is 6.04. The molecule has 1 N–H and O–H groups in total. The van der Waals surface area contributed by atoms with E-state index in [4.69, 9.17) is 5.26 Å². The second-order valence-electron chi connectivity index (χ2n) is 4.33. The van der Waals surface area contributed by atoms with Crippen LogP contribution in [0.1, 0.15) is 49.3 Å². The Labute approximate surface area is 96.5 Å². The summed E-state index contributed by atoms with van der Waals surface area (Å²) < 4.78 is 0. The molecule has 0 spiro atoms. The third-order valence-corrected chi connectivity index (χ3v) is 3.30. The summed E-state index contributed by atoms with van der Waals surface area (Å²) in [6.07, 6.45) is 6.44. The fourth-order valence-electron chi connectivity index (χ4n) is 2.38. The van der Waals surface area contributed by atoms with Crippen LogP contribution in [-0.4, -0.2) is 12.0 Å². The quantitative estimate of drug-likeness (QED) is 0.824. The van der Waals surface area contributed by atoms with Crippen molar-refractivity contribution in [2.45, 2.75) is 38.0 Å². The summed E-state index contributed by atoms with van der Waals surface area (Å²) in [6.45, 7) is 0. The van der Waals surface area contributed by atoms with Gasteiger partial charge in [-0.25, -0.2) is 4.98 Å². The van der Waals surface area contributed by atoms with Crippen LogP contribution in [0, 0.1) is 11.3 Å². The van der Waals surface area contributed by atoms with Crippen molar-refractivity contribution in [3.8, 4) is 6.07 Å². The van der Waals surface area contributed by atoms with Crippen LogP contribution in [0.5, 0.6) is 0 Å². The molecule has 0 aliphatic heterocycles. The smallest absolute Gasteiger partial charge is 0.143 e. The highest BCUT2D eigenvalue weighted by atomic mass is 15.0. The van der Waals surface area contributed by atoms with E-state index >= 15 is 0 Å². The molecule has 84 valence electrons. The van der Waals surface area contributed by atoms with Crippen molar-refractivity contribution >= 4 is 5.82 Å². The maximum atomic E-state index is 8.92. The molecule has 1 fully saturated rings. The Morgan fingerprint density at radius 3 is 2.69 bits per heavy atom. The normalized spacial score (nSPS) is 16.8. The van der Waals surface area contributed by atoms with Crippen molar-refractivity contribution in [1.82, 2.24) is 4.98 Å². The zero-order chi connectivity index (χ0) is 11.4. The minimum absolute atomic E-state index is 0.591. The summed E-state index contributed by atoms with van der Waals surface area (Å²) in [5, 5.41) is 11.9. The van der Waals surface area contributed by atoms with Gasteiger partial charge in [-0.2, -0.15) is 5.26 Å². The van der Waals surface area contributed by atoms with E-state index in [0.717, 1.165) is 5.69 Å². The van der Waals surface area contributed by atoms with Crippen molar-refractivity contribution in [3.05, 3.63) is 23.4 Å². The van der Waals surface area contributed by atoms with Gasteiger partial charge in [-0.3, -0.25) is 0 Å². The molecule has 16 heavy (non-hydrogen) atoms. The standard InChI is InChI=1S/C13H17N3/c1-15-13-11(9-14)7-8-12(16-13)10-5-3-2-4-6-10/h7-8,10H,2-6H2,1H3,(H,15,16). The predicted octanol–water partition coefficient (Wildman–Crippen LogP) is 3.04. The van der Waals surface area contributed by atoms with Gasteiger partial charge >= 0.3 is 0 Å². The lowest BCUT2D eigenvalue weighted by Gasteiger charge is -2.21. The molecule has 1 aliphatic rings. The first-order chi connectivity index (χ1) is 7.85. The Morgan fingerprint density at radius 2 is 2.06 bits per heavy atom. The zero-order valence-electron chi connectivity index (χ0n) is 9.66. The molecule has 1 aromatic heterocycles. The van der Waals surface area contributed by atoms with Gasteiger partial charge in [0.15, 0.2) is 0 Å². The van der Waals surface area contributed by atoms with Crippen LogP contribution >= 0.6 is 0 Å². The number of nitrogens with one attached hydrogen (secondary N) is 1. The van der Waals surface area contributed by atoms with E-state index in [1.165, 1.54) is 32.1 Å². The van der Waals surface area contributed by atoms with Gasteiger partial charge < -0.3 is 5.32 Å². The van der Waals surface area contributed by atoms with E-state index in [1.54, 1.807) is 0 Å². The highest BCUT2D eigenvalue weighted by Gasteiger charge is 2.17. The number of rotatable bonds is 2. The van der Waals surface area contributed by atoms with Gasteiger partial charge in [0.2, 0.25) is 0 Å². The molecule has 2 rings (SSSR count). The van der Waals surface area contributed by atoms with E-state index in [2.05, 4.69) is 16.4 Å². The fourth-order valence-corrected chi connectivity index (χ4v) is 2.38. The number of aromatic nitrogens is 1. The molecular formula is C13H17N3. The number of hydrogen-bond donors (Lipinski definition) is 1. The molecule has 0 bridgehead atoms. The van der Waals surface area contributed by atoms with Crippen molar-refractivity contribution in [3.63, 3.8) is 0 Å². The van der Waals surface area contributed by atoms with Crippen LogP contribution in [0.2, 0.25) is 0 Å². The minimum atomic E-state index is 0.591. The summed E-state index contributed by atoms with van der Waals surface area (Å²) in [5.74, 6) is 1.30. The molecule has 0 radical (unpaired) electrons. The molecule has 0 atom stereocenters. The summed E-state index contributed by atoms with van der Waals surface area (Å²) in [7, 11) is 1.81. The van der Waals surface area contributed by atoms with Gasteiger partial charge in [-0.15, -0.1) is 0 Å². The maximum absolute atomic E-state index is 8.92. The van der Waals surface area contributed by atoms with Crippen molar-refractivity contribution in [1.29, 1.82) is 5.26 Å². The highest BCUT2D eigenvalue weighted by molar-refractivity contribution is 5.52. The Balaban J connectivity index is 2.25. The second kappa shape index (κ2) is 4.98. The lowest BCUT2D eigenvalue weighted by atomic mass is 9.86. The Bertz CT molecular complexity index is 400. The SMILES string of the molecule is CNc1nc(C2CCCCC2)ccc1C#N. The van der Waals surface area contributed by atoms with E-state index in [9.17, 15) is 0 Å². The van der Waals surface area contributed by atoms with Crippen LogP contribution in [0.15, 0.2) is 12.1 Å². The number of nitrogens with zero attached hydrogens (tertiary/aromatic N) is 2. The average Bonchev–Trinajstić information content (AvgIpc) is 2.39. The van der Waals surface area contributed by atoms with E-state index in [0.29, 0.717) is 17.3 Å². The van der Waals surface area contributed by atoms with Crippen LogP contribution in [0.4, 0.5) is 5.82 Å². The Morgan fingerprint density at radius 1 is 1.31 bits per heavy atom. The topological polar surface area (TPSA) is 48.7 Å². The average molecular weight is 215 g/mol. The van der Waals surface area contributed by atoms with Gasteiger partial charge in [0.1, 0.15) is 11.9 Å². The largest absolute Gasteiger partial charge is 0.372 e. The van der Waals surface area contributed by atoms with Gasteiger partial charge in [-0.05, 0) is 25.0 Å². The van der Waals surface area contributed by atoms with Crippen LogP contribution in [0.3, 0.4) is 0 Å². The zero-order valence-corrected chi connectivity index (χ0v) is 9.66. The van der Waals surface area contributed by atoms with E-state index in [-0.39, 0.29) is 0 Å². The van der Waals surface area contributed by atoms with Crippen LogP contribution in [-0.2, 0) is 0 Å². The van der Waals surface area contributed by atoms with Gasteiger partial charge in [0.25, 0.3) is 0 Å². The summed E-state index contributed by atoms with van der Waals surface area (Å²) in [4.78, 5) is 4.55. The third kappa shape index (κ3) is 2.16. The Hall–Kier alpha value is -1.56. The molecule has 1 heterocycles. The number of hydrogen-bond acceptors (Lipinski definition) is 3. The van der Waals surface area contributed by atoms with E-state index < -0.39 is 0 Å². The molecule has 3 heteroatoms. The van der Waals surface area contributed by atoms with Gasteiger partial charge in [0.05, 0.1) is 5.56 Å². The third-order valence-electron chi connectivity index (χ3n) is 3.30. The first-order valence-corrected chi connectivity index (χ1v) is 5.94. The van der Waals surface area contributed by atoms with Crippen molar-refractivity contribution < 1.29 is 0 Å². The predicted molar refractivity (Wildman–Crippen MR) is 64.3 cm³/mol. The number of nitriles is 1. The molecular weight excluding hydrogens is 198 g/mol. The lowest BCUT2D eigenvalue weighted by molar-refractivity contribution is 0.437. The molecule has 0 amide bonds. The highest BCUT2D eigenvalue weighted by Crippen LogP contribution is 2.32. The minimum Gasteiger partial charge on any atom is -0.372 e. The summed E-state index contributed by atoms with van der Waals surface area (Å²) in [5.41, 5.74) is 1.77. The number of pyridine rings is 1. The molecule has 0 saturated heterocycles. The maximum Gasteiger partial charge on any atom is 0.143 e.